The fourth-order valence-electron chi connectivity index (χ4n) is 2.60. The van der Waals surface area contributed by atoms with E-state index in [2.05, 4.69) is 50.2 Å². The van der Waals surface area contributed by atoms with Crippen molar-refractivity contribution in [3.8, 4) is 16.9 Å². The summed E-state index contributed by atoms with van der Waals surface area (Å²) in [5.41, 5.74) is 3.29. The van der Waals surface area contributed by atoms with Crippen molar-refractivity contribution in [3.63, 3.8) is 0 Å². The predicted molar refractivity (Wildman–Crippen MR) is 85.1 cm³/mol. The van der Waals surface area contributed by atoms with Crippen molar-refractivity contribution in [2.24, 2.45) is 0 Å². The minimum Gasteiger partial charge on any atom is -0.507 e. The molecule has 1 N–H and O–H groups in total. The molecular weight excluding hydrogens is 244 g/mol. The number of phenols is 1. The van der Waals surface area contributed by atoms with Gasteiger partial charge in [0.2, 0.25) is 0 Å². The van der Waals surface area contributed by atoms with Crippen LogP contribution in [0.25, 0.3) is 21.9 Å². The Bertz CT molecular complexity index is 739. The maximum Gasteiger partial charge on any atom is 0.124 e. The number of aromatic hydroxyl groups is 1. The molecule has 0 aliphatic carbocycles. The summed E-state index contributed by atoms with van der Waals surface area (Å²) in [6, 6.07) is 20.3. The Morgan fingerprint density at radius 2 is 1.50 bits per heavy atom. The summed E-state index contributed by atoms with van der Waals surface area (Å²) in [5.74, 6) is 0.853. The van der Waals surface area contributed by atoms with Crippen LogP contribution in [0.3, 0.4) is 0 Å². The quantitative estimate of drug-likeness (QED) is 0.661. The third kappa shape index (κ3) is 2.16. The Balaban J connectivity index is 2.20. The number of fused-ring (bicyclic) bond motifs is 1. The molecule has 0 bridgehead atoms. The molecule has 0 radical (unpaired) electrons. The Labute approximate surface area is 119 Å². The van der Waals surface area contributed by atoms with E-state index in [1.54, 1.807) is 6.07 Å². The highest BCUT2D eigenvalue weighted by molar-refractivity contribution is 5.99. The van der Waals surface area contributed by atoms with Gasteiger partial charge in [-0.05, 0) is 33.9 Å². The molecule has 1 heteroatoms. The minimum atomic E-state index is 0.334. The number of phenolic OH excluding ortho intramolecular Hbond substituents is 1. The van der Waals surface area contributed by atoms with Crippen LogP contribution < -0.4 is 0 Å². The monoisotopic (exact) mass is 262 g/mol. The van der Waals surface area contributed by atoms with E-state index in [1.807, 2.05) is 18.2 Å². The summed E-state index contributed by atoms with van der Waals surface area (Å²) in [6.07, 6.45) is 0. The Kier molecular flexibility index (Phi) is 3.19. The van der Waals surface area contributed by atoms with Gasteiger partial charge in [-0.1, -0.05) is 68.4 Å². The topological polar surface area (TPSA) is 20.2 Å². The van der Waals surface area contributed by atoms with Crippen molar-refractivity contribution >= 4 is 10.8 Å². The zero-order valence-electron chi connectivity index (χ0n) is 11.8. The molecule has 1 nitrogen and oxygen atoms in total. The van der Waals surface area contributed by atoms with Gasteiger partial charge in [-0.3, -0.25) is 0 Å². The number of benzene rings is 3. The van der Waals surface area contributed by atoms with Crippen LogP contribution in [0, 0.1) is 0 Å². The molecule has 0 saturated heterocycles. The van der Waals surface area contributed by atoms with Gasteiger partial charge < -0.3 is 5.11 Å². The molecule has 0 unspecified atom stereocenters. The first kappa shape index (κ1) is 12.7. The maximum absolute atomic E-state index is 10.2. The molecule has 20 heavy (non-hydrogen) atoms. The van der Waals surface area contributed by atoms with Crippen LogP contribution in [0.5, 0.6) is 5.75 Å². The Morgan fingerprint density at radius 1 is 0.800 bits per heavy atom. The molecular formula is C19H18O. The highest BCUT2D eigenvalue weighted by Crippen LogP contribution is 2.36. The molecule has 0 saturated carbocycles. The van der Waals surface area contributed by atoms with Gasteiger partial charge in [0.15, 0.2) is 0 Å². The van der Waals surface area contributed by atoms with E-state index in [1.165, 1.54) is 5.56 Å². The standard InChI is InChI=1S/C19H18O/c1-13(2)14-7-9-16(10-8-14)19-17-6-4-3-5-15(17)11-12-18(19)20/h3-13,20H,1-2H3. The lowest BCUT2D eigenvalue weighted by atomic mass is 9.95. The van der Waals surface area contributed by atoms with Gasteiger partial charge in [0, 0.05) is 5.56 Å². The van der Waals surface area contributed by atoms with Crippen molar-refractivity contribution in [1.82, 2.24) is 0 Å². The SMILES string of the molecule is CC(C)c1ccc(-c2c(O)ccc3ccccc23)cc1. The number of rotatable bonds is 2. The van der Waals surface area contributed by atoms with Gasteiger partial charge >= 0.3 is 0 Å². The highest BCUT2D eigenvalue weighted by atomic mass is 16.3. The highest BCUT2D eigenvalue weighted by Gasteiger charge is 2.09. The molecule has 0 aliphatic heterocycles. The number of hydrogen-bond acceptors (Lipinski definition) is 1. The van der Waals surface area contributed by atoms with Gasteiger partial charge in [0.05, 0.1) is 0 Å². The average Bonchev–Trinajstić information content (AvgIpc) is 2.47. The van der Waals surface area contributed by atoms with Gasteiger partial charge in [-0.2, -0.15) is 0 Å². The smallest absolute Gasteiger partial charge is 0.124 e. The van der Waals surface area contributed by atoms with E-state index in [9.17, 15) is 5.11 Å². The Hall–Kier alpha value is -2.28. The third-order valence-electron chi connectivity index (χ3n) is 3.77. The van der Waals surface area contributed by atoms with Crippen LogP contribution in [-0.2, 0) is 0 Å². The summed E-state index contributed by atoms with van der Waals surface area (Å²) < 4.78 is 0. The molecule has 3 rings (SSSR count). The number of hydrogen-bond donors (Lipinski definition) is 1. The van der Waals surface area contributed by atoms with Crippen molar-refractivity contribution < 1.29 is 5.11 Å². The first-order chi connectivity index (χ1) is 9.66. The minimum absolute atomic E-state index is 0.334. The lowest BCUT2D eigenvalue weighted by Crippen LogP contribution is -1.88. The van der Waals surface area contributed by atoms with Crippen LogP contribution in [0.15, 0.2) is 60.7 Å². The molecule has 3 aromatic carbocycles. The van der Waals surface area contributed by atoms with Crippen molar-refractivity contribution in [2.75, 3.05) is 0 Å². The molecule has 0 heterocycles. The van der Waals surface area contributed by atoms with Crippen molar-refractivity contribution in [3.05, 3.63) is 66.2 Å². The largest absolute Gasteiger partial charge is 0.507 e. The molecule has 0 amide bonds. The predicted octanol–water partition coefficient (Wildman–Crippen LogP) is 5.34. The zero-order chi connectivity index (χ0) is 14.1. The lowest BCUT2D eigenvalue weighted by molar-refractivity contribution is 0.478. The van der Waals surface area contributed by atoms with Crippen molar-refractivity contribution in [2.45, 2.75) is 19.8 Å². The Morgan fingerprint density at radius 3 is 2.20 bits per heavy atom. The van der Waals surface area contributed by atoms with Crippen LogP contribution in [-0.4, -0.2) is 5.11 Å². The second-order valence-corrected chi connectivity index (χ2v) is 5.46. The van der Waals surface area contributed by atoms with E-state index < -0.39 is 0 Å². The molecule has 0 atom stereocenters. The van der Waals surface area contributed by atoms with Gasteiger partial charge in [0.1, 0.15) is 5.75 Å². The first-order valence-electron chi connectivity index (χ1n) is 6.98. The van der Waals surface area contributed by atoms with Gasteiger partial charge in [-0.25, -0.2) is 0 Å². The zero-order valence-corrected chi connectivity index (χ0v) is 11.8. The summed E-state index contributed by atoms with van der Waals surface area (Å²) in [4.78, 5) is 0. The van der Waals surface area contributed by atoms with Crippen LogP contribution in [0.1, 0.15) is 25.3 Å². The summed E-state index contributed by atoms with van der Waals surface area (Å²) in [7, 11) is 0. The van der Waals surface area contributed by atoms with Crippen LogP contribution >= 0.6 is 0 Å². The summed E-state index contributed by atoms with van der Waals surface area (Å²) >= 11 is 0. The third-order valence-corrected chi connectivity index (χ3v) is 3.77. The van der Waals surface area contributed by atoms with E-state index in [4.69, 9.17) is 0 Å². The van der Waals surface area contributed by atoms with E-state index in [0.717, 1.165) is 21.9 Å². The first-order valence-corrected chi connectivity index (χ1v) is 6.98. The second kappa shape index (κ2) is 5.01. The van der Waals surface area contributed by atoms with Gasteiger partial charge in [0.25, 0.3) is 0 Å². The molecule has 0 fully saturated rings. The normalized spacial score (nSPS) is 11.2. The summed E-state index contributed by atoms with van der Waals surface area (Å²) in [6.45, 7) is 4.37. The molecule has 3 aromatic rings. The average molecular weight is 262 g/mol. The lowest BCUT2D eigenvalue weighted by Gasteiger charge is -2.11. The molecule has 100 valence electrons. The summed E-state index contributed by atoms with van der Waals surface area (Å²) in [5, 5.41) is 12.5. The molecule has 0 aromatic heterocycles. The van der Waals surface area contributed by atoms with E-state index in [0.29, 0.717) is 11.7 Å². The van der Waals surface area contributed by atoms with Crippen LogP contribution in [0.2, 0.25) is 0 Å². The fraction of sp³-hybridized carbons (Fsp3) is 0.158. The van der Waals surface area contributed by atoms with Crippen molar-refractivity contribution in [1.29, 1.82) is 0 Å². The maximum atomic E-state index is 10.2. The van der Waals surface area contributed by atoms with Gasteiger partial charge in [-0.15, -0.1) is 0 Å². The second-order valence-electron chi connectivity index (χ2n) is 5.46. The molecule has 0 aliphatic rings. The molecule has 0 spiro atoms. The fourth-order valence-corrected chi connectivity index (χ4v) is 2.60. The van der Waals surface area contributed by atoms with E-state index >= 15 is 0 Å². The van der Waals surface area contributed by atoms with E-state index in [-0.39, 0.29) is 0 Å². The van der Waals surface area contributed by atoms with Crippen LogP contribution in [0.4, 0.5) is 0 Å².